The lowest BCUT2D eigenvalue weighted by Gasteiger charge is -2.17. The van der Waals surface area contributed by atoms with Crippen LogP contribution in [0.5, 0.6) is 0 Å². The number of halogens is 5. The molecule has 7 nitrogen and oxygen atoms in total. The number of sulfonamides is 1. The van der Waals surface area contributed by atoms with Gasteiger partial charge in [-0.2, -0.15) is 21.6 Å². The number of pyridine rings is 1. The predicted molar refractivity (Wildman–Crippen MR) is 114 cm³/mol. The molecule has 2 aliphatic heterocycles. The maximum atomic E-state index is 14.5. The standard InChI is InChI=1S/C21H19F5N4O3S/c1-11-5-13(19-14(22)3-2-4-15(19)23)20(27-7-11)17-6-18(29-33-17)30-9-12(16(24)10-30)8-28-34(31,32)21(25)26/h2-5,7-8,12,16-17,21H,6,9-10H2,1H3/t12?,16-,17-/m0/s1. The molecule has 1 fully saturated rings. The van der Waals surface area contributed by atoms with Crippen LogP contribution in [-0.2, 0) is 14.9 Å². The van der Waals surface area contributed by atoms with Crippen molar-refractivity contribution in [2.24, 2.45) is 15.5 Å². The summed E-state index contributed by atoms with van der Waals surface area (Å²) in [5, 5.41) is 3.95. The third-order valence-electron chi connectivity index (χ3n) is 5.53. The van der Waals surface area contributed by atoms with Crippen LogP contribution >= 0.6 is 0 Å². The number of alkyl halides is 3. The van der Waals surface area contributed by atoms with Crippen molar-refractivity contribution in [3.63, 3.8) is 0 Å². The highest BCUT2D eigenvalue weighted by atomic mass is 32.2. The SMILES string of the molecule is Cc1cnc([C@@H]2CC(N3CC(C=NS(=O)(=O)C(F)F)[C@@H](F)C3)=NO2)c(-c2c(F)cccc2F)c1. The fourth-order valence-corrected chi connectivity index (χ4v) is 4.26. The van der Waals surface area contributed by atoms with E-state index in [0.717, 1.165) is 12.1 Å². The molecule has 3 heterocycles. The molecule has 0 radical (unpaired) electrons. The Morgan fingerprint density at radius 3 is 2.62 bits per heavy atom. The van der Waals surface area contributed by atoms with Crippen molar-refractivity contribution >= 4 is 22.1 Å². The number of hydrogen-bond donors (Lipinski definition) is 0. The molecule has 34 heavy (non-hydrogen) atoms. The summed E-state index contributed by atoms with van der Waals surface area (Å²) in [4.78, 5) is 11.2. The number of oxime groups is 1. The van der Waals surface area contributed by atoms with Crippen LogP contribution in [0.3, 0.4) is 0 Å². The summed E-state index contributed by atoms with van der Waals surface area (Å²) in [5.41, 5.74) is 0.850. The highest BCUT2D eigenvalue weighted by molar-refractivity contribution is 7.90. The number of aromatic nitrogens is 1. The molecule has 1 saturated heterocycles. The second-order valence-corrected chi connectivity index (χ2v) is 9.56. The Balaban J connectivity index is 1.52. The largest absolute Gasteiger partial charge is 0.384 e. The zero-order chi connectivity index (χ0) is 24.6. The molecule has 0 bridgehead atoms. The third kappa shape index (κ3) is 4.74. The average molecular weight is 502 g/mol. The number of hydrogen-bond acceptors (Lipinski definition) is 6. The minimum atomic E-state index is -5.01. The summed E-state index contributed by atoms with van der Waals surface area (Å²) >= 11 is 0. The molecular weight excluding hydrogens is 483 g/mol. The molecule has 182 valence electrons. The molecule has 3 atom stereocenters. The van der Waals surface area contributed by atoms with Crippen molar-refractivity contribution in [1.29, 1.82) is 0 Å². The predicted octanol–water partition coefficient (Wildman–Crippen LogP) is 4.00. The number of benzene rings is 1. The molecular formula is C21H19F5N4O3S. The zero-order valence-electron chi connectivity index (χ0n) is 17.7. The maximum Gasteiger partial charge on any atom is 0.357 e. The van der Waals surface area contributed by atoms with Gasteiger partial charge in [-0.1, -0.05) is 11.2 Å². The molecule has 1 aromatic carbocycles. The Hall–Kier alpha value is -3.09. The normalized spacial score (nSPS) is 23.1. The van der Waals surface area contributed by atoms with E-state index in [2.05, 4.69) is 14.5 Å². The lowest BCUT2D eigenvalue weighted by atomic mass is 9.97. The van der Waals surface area contributed by atoms with Crippen molar-refractivity contribution in [2.75, 3.05) is 13.1 Å². The van der Waals surface area contributed by atoms with E-state index in [9.17, 15) is 30.4 Å². The second kappa shape index (κ2) is 9.28. The van der Waals surface area contributed by atoms with Crippen LogP contribution in [0, 0.1) is 24.5 Å². The highest BCUT2D eigenvalue weighted by Crippen LogP contribution is 2.37. The van der Waals surface area contributed by atoms with E-state index in [1.165, 1.54) is 17.2 Å². The van der Waals surface area contributed by atoms with Crippen molar-refractivity contribution in [3.05, 3.63) is 53.4 Å². The van der Waals surface area contributed by atoms with E-state index in [0.29, 0.717) is 17.6 Å². The Kier molecular flexibility index (Phi) is 6.56. The van der Waals surface area contributed by atoms with Crippen molar-refractivity contribution in [1.82, 2.24) is 9.88 Å². The number of rotatable bonds is 5. The lowest BCUT2D eigenvalue weighted by Crippen LogP contribution is -2.28. The maximum absolute atomic E-state index is 14.5. The van der Waals surface area contributed by atoms with Gasteiger partial charge >= 0.3 is 15.8 Å². The number of nitrogens with zero attached hydrogens (tertiary/aromatic N) is 4. The first kappa shape index (κ1) is 24.0. The van der Waals surface area contributed by atoms with Crippen LogP contribution in [0.2, 0.25) is 0 Å². The first-order valence-corrected chi connectivity index (χ1v) is 11.7. The Morgan fingerprint density at radius 1 is 1.24 bits per heavy atom. The molecule has 0 amide bonds. The first-order valence-electron chi connectivity index (χ1n) is 10.2. The van der Waals surface area contributed by atoms with Gasteiger partial charge < -0.3 is 9.74 Å². The molecule has 1 aromatic heterocycles. The molecule has 0 saturated carbocycles. The Bertz CT molecular complexity index is 1230. The molecule has 4 rings (SSSR count). The number of amidine groups is 1. The van der Waals surface area contributed by atoms with Crippen molar-refractivity contribution in [3.8, 4) is 11.1 Å². The van der Waals surface area contributed by atoms with Gasteiger partial charge in [-0.05, 0) is 30.7 Å². The third-order valence-corrected chi connectivity index (χ3v) is 6.39. The number of likely N-dealkylation sites (tertiary alicyclic amines) is 1. The van der Waals surface area contributed by atoms with Gasteiger partial charge in [-0.15, -0.1) is 0 Å². The van der Waals surface area contributed by atoms with E-state index in [1.807, 2.05) is 0 Å². The van der Waals surface area contributed by atoms with E-state index < -0.39 is 45.6 Å². The molecule has 2 aromatic rings. The molecule has 13 heteroatoms. The van der Waals surface area contributed by atoms with Gasteiger partial charge in [0.15, 0.2) is 6.10 Å². The van der Waals surface area contributed by atoms with Crippen molar-refractivity contribution in [2.45, 2.75) is 31.4 Å². The van der Waals surface area contributed by atoms with Gasteiger partial charge in [0.1, 0.15) is 23.6 Å². The molecule has 0 spiro atoms. The van der Waals surface area contributed by atoms with Gasteiger partial charge in [-0.3, -0.25) is 4.98 Å². The summed E-state index contributed by atoms with van der Waals surface area (Å²) in [7, 11) is -5.01. The number of aryl methyl sites for hydroxylation is 1. The van der Waals surface area contributed by atoms with Crippen LogP contribution < -0.4 is 0 Å². The molecule has 0 aliphatic carbocycles. The Morgan fingerprint density at radius 2 is 1.94 bits per heavy atom. The van der Waals surface area contributed by atoms with Crippen LogP contribution in [0.4, 0.5) is 22.0 Å². The molecule has 1 unspecified atom stereocenters. The summed E-state index contributed by atoms with van der Waals surface area (Å²) in [6.07, 6.45) is -0.0953. The van der Waals surface area contributed by atoms with Gasteiger partial charge in [0.2, 0.25) is 0 Å². The quantitative estimate of drug-likeness (QED) is 0.456. The van der Waals surface area contributed by atoms with E-state index in [-0.39, 0.29) is 36.3 Å². The lowest BCUT2D eigenvalue weighted by molar-refractivity contribution is 0.0828. The highest BCUT2D eigenvalue weighted by Gasteiger charge is 2.38. The van der Waals surface area contributed by atoms with Crippen LogP contribution in [-0.4, -0.2) is 55.4 Å². The molecule has 2 aliphatic rings. The summed E-state index contributed by atoms with van der Waals surface area (Å²) in [5.74, 6) is -5.97. The van der Waals surface area contributed by atoms with E-state index in [4.69, 9.17) is 4.84 Å². The smallest absolute Gasteiger partial charge is 0.357 e. The van der Waals surface area contributed by atoms with Gasteiger partial charge in [0, 0.05) is 30.4 Å². The topological polar surface area (TPSA) is 84.2 Å². The average Bonchev–Trinajstić information content (AvgIpc) is 3.39. The van der Waals surface area contributed by atoms with Gasteiger partial charge in [0.05, 0.1) is 24.2 Å². The zero-order valence-corrected chi connectivity index (χ0v) is 18.5. The van der Waals surface area contributed by atoms with Crippen LogP contribution in [0.15, 0.2) is 40.0 Å². The second-order valence-electron chi connectivity index (χ2n) is 7.96. The van der Waals surface area contributed by atoms with Crippen LogP contribution in [0.1, 0.15) is 23.8 Å². The fraction of sp³-hybridized carbons (Fsp3) is 0.381. The summed E-state index contributed by atoms with van der Waals surface area (Å²) in [6, 6.07) is 5.08. The summed E-state index contributed by atoms with van der Waals surface area (Å²) < 4.78 is 93.4. The minimum Gasteiger partial charge on any atom is -0.384 e. The van der Waals surface area contributed by atoms with E-state index in [1.54, 1.807) is 13.0 Å². The van der Waals surface area contributed by atoms with Crippen LogP contribution in [0.25, 0.3) is 11.1 Å². The monoisotopic (exact) mass is 502 g/mol. The Labute approximate surface area is 192 Å². The fourth-order valence-electron chi connectivity index (χ4n) is 3.84. The molecule has 0 N–H and O–H groups in total. The van der Waals surface area contributed by atoms with Gasteiger partial charge in [0.25, 0.3) is 0 Å². The summed E-state index contributed by atoms with van der Waals surface area (Å²) in [6.45, 7) is 1.48. The van der Waals surface area contributed by atoms with Gasteiger partial charge in [-0.25, -0.2) is 13.2 Å². The first-order chi connectivity index (χ1) is 16.1. The van der Waals surface area contributed by atoms with Crippen molar-refractivity contribution < 1.29 is 35.2 Å². The minimum absolute atomic E-state index is 0.0610. The van der Waals surface area contributed by atoms with E-state index >= 15 is 0 Å².